The number of hydrogen-bond acceptors (Lipinski definition) is 5. The normalized spacial score (nSPS) is 15.1. The highest BCUT2D eigenvalue weighted by Crippen LogP contribution is 2.25. The van der Waals surface area contributed by atoms with Gasteiger partial charge in [-0.05, 0) is 42.5 Å². The molecular weight excluding hydrogens is 396 g/mol. The van der Waals surface area contributed by atoms with Crippen LogP contribution in [0.25, 0.3) is 0 Å². The summed E-state index contributed by atoms with van der Waals surface area (Å²) in [5.41, 5.74) is 2.09. The van der Waals surface area contributed by atoms with Crippen LogP contribution >= 0.6 is 0 Å². The van der Waals surface area contributed by atoms with Gasteiger partial charge in [0.1, 0.15) is 5.82 Å². The first-order chi connectivity index (χ1) is 15.0. The SMILES string of the molecule is O=C(O)CC1Cc2ccccc2CN1C(=O)CNC(=O)CCCCNc1ccccn1. The molecule has 0 radical (unpaired) electrons. The van der Waals surface area contributed by atoms with Crippen molar-refractivity contribution in [2.75, 3.05) is 18.4 Å². The van der Waals surface area contributed by atoms with Gasteiger partial charge in [0.25, 0.3) is 0 Å². The van der Waals surface area contributed by atoms with Gasteiger partial charge in [-0.3, -0.25) is 14.4 Å². The molecule has 0 saturated heterocycles. The molecule has 8 nitrogen and oxygen atoms in total. The van der Waals surface area contributed by atoms with E-state index >= 15 is 0 Å². The quantitative estimate of drug-likeness (QED) is 0.504. The van der Waals surface area contributed by atoms with Crippen molar-refractivity contribution in [1.82, 2.24) is 15.2 Å². The lowest BCUT2D eigenvalue weighted by molar-refractivity contribution is -0.142. The van der Waals surface area contributed by atoms with Crippen molar-refractivity contribution < 1.29 is 19.5 Å². The summed E-state index contributed by atoms with van der Waals surface area (Å²) in [6.45, 7) is 0.957. The molecule has 1 aliphatic rings. The molecule has 1 atom stereocenters. The predicted molar refractivity (Wildman–Crippen MR) is 116 cm³/mol. The van der Waals surface area contributed by atoms with Crippen molar-refractivity contribution in [3.63, 3.8) is 0 Å². The molecule has 0 spiro atoms. The van der Waals surface area contributed by atoms with E-state index in [1.807, 2.05) is 42.5 Å². The van der Waals surface area contributed by atoms with Gasteiger partial charge < -0.3 is 20.6 Å². The van der Waals surface area contributed by atoms with Crippen LogP contribution in [0, 0.1) is 0 Å². The van der Waals surface area contributed by atoms with E-state index in [4.69, 9.17) is 0 Å². The number of aromatic nitrogens is 1. The van der Waals surface area contributed by atoms with Gasteiger partial charge in [-0.1, -0.05) is 30.3 Å². The first-order valence-electron chi connectivity index (χ1n) is 10.5. The van der Waals surface area contributed by atoms with Gasteiger partial charge in [-0.2, -0.15) is 0 Å². The van der Waals surface area contributed by atoms with E-state index in [-0.39, 0.29) is 24.8 Å². The third-order valence-corrected chi connectivity index (χ3v) is 5.32. The molecule has 1 aliphatic heterocycles. The highest BCUT2D eigenvalue weighted by Gasteiger charge is 2.31. The molecule has 2 aromatic rings. The van der Waals surface area contributed by atoms with Crippen LogP contribution in [0.5, 0.6) is 0 Å². The third kappa shape index (κ3) is 6.80. The minimum Gasteiger partial charge on any atom is -0.481 e. The molecule has 3 N–H and O–H groups in total. The van der Waals surface area contributed by atoms with E-state index in [1.54, 1.807) is 11.1 Å². The Hall–Kier alpha value is -3.42. The van der Waals surface area contributed by atoms with Gasteiger partial charge >= 0.3 is 5.97 Å². The zero-order valence-corrected chi connectivity index (χ0v) is 17.4. The minimum atomic E-state index is -0.939. The summed E-state index contributed by atoms with van der Waals surface area (Å²) in [6, 6.07) is 13.0. The maximum absolute atomic E-state index is 12.7. The molecule has 0 fully saturated rings. The molecule has 0 aliphatic carbocycles. The first kappa shape index (κ1) is 22.3. The second-order valence-corrected chi connectivity index (χ2v) is 7.62. The fraction of sp³-hybridized carbons (Fsp3) is 0.391. The van der Waals surface area contributed by atoms with Crippen LogP contribution in [0.15, 0.2) is 48.7 Å². The van der Waals surface area contributed by atoms with E-state index < -0.39 is 12.0 Å². The summed E-state index contributed by atoms with van der Waals surface area (Å²) in [5, 5.41) is 15.1. The number of unbranched alkanes of at least 4 members (excludes halogenated alkanes) is 1. The van der Waals surface area contributed by atoms with E-state index in [1.165, 1.54) is 0 Å². The molecule has 1 aromatic carbocycles. The average molecular weight is 425 g/mol. The Morgan fingerprint density at radius 1 is 1.06 bits per heavy atom. The standard InChI is InChI=1S/C23H28N4O4/c28-21(10-4-6-12-25-20-9-3-5-11-24-20)26-15-22(29)27-16-18-8-2-1-7-17(18)13-19(27)14-23(30)31/h1-3,5,7-9,11,19H,4,6,10,12-16H2,(H,24,25)(H,26,28)(H,30,31). The number of nitrogens with zero attached hydrogens (tertiary/aromatic N) is 2. The van der Waals surface area contributed by atoms with Gasteiger partial charge in [-0.25, -0.2) is 4.98 Å². The number of benzene rings is 1. The Kier molecular flexibility index (Phi) is 7.98. The topological polar surface area (TPSA) is 112 Å². The van der Waals surface area contributed by atoms with Crippen molar-refractivity contribution in [1.29, 1.82) is 0 Å². The summed E-state index contributed by atoms with van der Waals surface area (Å²) in [7, 11) is 0. The van der Waals surface area contributed by atoms with Crippen molar-refractivity contribution in [2.45, 2.75) is 44.7 Å². The molecule has 8 heteroatoms. The average Bonchev–Trinajstić information content (AvgIpc) is 2.77. The summed E-state index contributed by atoms with van der Waals surface area (Å²) in [6.07, 6.45) is 3.94. The monoisotopic (exact) mass is 424 g/mol. The summed E-state index contributed by atoms with van der Waals surface area (Å²) in [5.74, 6) is -0.577. The number of carbonyl (C=O) groups excluding carboxylic acids is 2. The number of rotatable bonds is 10. The Morgan fingerprint density at radius 3 is 2.58 bits per heavy atom. The summed E-state index contributed by atoms with van der Waals surface area (Å²) in [4.78, 5) is 41.9. The van der Waals surface area contributed by atoms with Crippen molar-refractivity contribution in [3.05, 3.63) is 59.8 Å². The largest absolute Gasteiger partial charge is 0.481 e. The first-order valence-corrected chi connectivity index (χ1v) is 10.5. The molecular formula is C23H28N4O4. The van der Waals surface area contributed by atoms with E-state index in [0.717, 1.165) is 23.4 Å². The van der Waals surface area contributed by atoms with Gasteiger partial charge in [0.15, 0.2) is 0 Å². The van der Waals surface area contributed by atoms with Crippen LogP contribution in [0.3, 0.4) is 0 Å². The minimum absolute atomic E-state index is 0.114. The van der Waals surface area contributed by atoms with Crippen LogP contribution in [0.4, 0.5) is 5.82 Å². The number of nitrogens with one attached hydrogen (secondary N) is 2. The van der Waals surface area contributed by atoms with Crippen LogP contribution in [0.1, 0.15) is 36.8 Å². The number of carboxylic acids is 1. The lowest BCUT2D eigenvalue weighted by Crippen LogP contribution is -2.49. The van der Waals surface area contributed by atoms with Gasteiger partial charge in [0.05, 0.1) is 13.0 Å². The van der Waals surface area contributed by atoms with E-state index in [0.29, 0.717) is 32.4 Å². The van der Waals surface area contributed by atoms with Gasteiger partial charge in [0, 0.05) is 31.7 Å². The molecule has 2 heterocycles. The van der Waals surface area contributed by atoms with E-state index in [2.05, 4.69) is 15.6 Å². The Labute approximate surface area is 181 Å². The van der Waals surface area contributed by atoms with Crippen LogP contribution in [-0.2, 0) is 27.3 Å². The van der Waals surface area contributed by atoms with Gasteiger partial charge in [-0.15, -0.1) is 0 Å². The molecule has 0 bridgehead atoms. The zero-order valence-electron chi connectivity index (χ0n) is 17.4. The molecule has 164 valence electrons. The number of fused-ring (bicyclic) bond motifs is 1. The fourth-order valence-electron chi connectivity index (χ4n) is 3.72. The Balaban J connectivity index is 1.42. The number of hydrogen-bond donors (Lipinski definition) is 3. The maximum atomic E-state index is 12.7. The number of pyridine rings is 1. The van der Waals surface area contributed by atoms with Crippen molar-refractivity contribution in [2.24, 2.45) is 0 Å². The Bertz CT molecular complexity index is 903. The van der Waals surface area contributed by atoms with Gasteiger partial charge in [0.2, 0.25) is 11.8 Å². The summed E-state index contributed by atoms with van der Waals surface area (Å²) >= 11 is 0. The zero-order chi connectivity index (χ0) is 22.1. The lowest BCUT2D eigenvalue weighted by atomic mass is 9.92. The van der Waals surface area contributed by atoms with Crippen LogP contribution in [0.2, 0.25) is 0 Å². The van der Waals surface area contributed by atoms with Crippen molar-refractivity contribution in [3.8, 4) is 0 Å². The molecule has 1 unspecified atom stereocenters. The van der Waals surface area contributed by atoms with Crippen LogP contribution < -0.4 is 10.6 Å². The number of aliphatic carboxylic acids is 1. The Morgan fingerprint density at radius 2 is 1.84 bits per heavy atom. The van der Waals surface area contributed by atoms with E-state index in [9.17, 15) is 19.5 Å². The van der Waals surface area contributed by atoms with Crippen molar-refractivity contribution >= 4 is 23.6 Å². The molecule has 1 aromatic heterocycles. The highest BCUT2D eigenvalue weighted by molar-refractivity contribution is 5.85. The number of amides is 2. The summed E-state index contributed by atoms with van der Waals surface area (Å²) < 4.78 is 0. The van der Waals surface area contributed by atoms with Crippen LogP contribution in [-0.4, -0.2) is 51.9 Å². The fourth-order valence-corrected chi connectivity index (χ4v) is 3.72. The highest BCUT2D eigenvalue weighted by atomic mass is 16.4. The predicted octanol–water partition coefficient (Wildman–Crippen LogP) is 2.21. The number of carboxylic acid groups (broad SMARTS) is 1. The molecule has 0 saturated carbocycles. The second kappa shape index (κ2) is 11.1. The number of anilines is 1. The lowest BCUT2D eigenvalue weighted by Gasteiger charge is -2.36. The molecule has 31 heavy (non-hydrogen) atoms. The third-order valence-electron chi connectivity index (χ3n) is 5.32. The smallest absolute Gasteiger partial charge is 0.305 e. The number of carbonyl (C=O) groups is 3. The maximum Gasteiger partial charge on any atom is 0.305 e. The molecule has 3 rings (SSSR count). The second-order valence-electron chi connectivity index (χ2n) is 7.62. The molecule has 2 amide bonds.